The molecule has 2 aromatic carbocycles. The number of aliphatic hydroxyl groups excluding tert-OH is 2. The summed E-state index contributed by atoms with van der Waals surface area (Å²) in [4.78, 5) is 33.0. The Kier molecular flexibility index (Phi) is 13.9. The highest BCUT2D eigenvalue weighted by molar-refractivity contribution is 6.30. The molecular weight excluding hydrogens is 943 g/mol. The molecule has 0 saturated carbocycles. The molecule has 2 aromatic heterocycles. The molecule has 24 heteroatoms. The van der Waals surface area contributed by atoms with Crippen molar-refractivity contribution in [3.8, 4) is 0 Å². The average Bonchev–Trinajstić information content (AvgIpc) is 3.96. The topological polar surface area (TPSA) is 143 Å². The van der Waals surface area contributed by atoms with Gasteiger partial charge in [-0.3, -0.25) is 9.59 Å². The van der Waals surface area contributed by atoms with Gasteiger partial charge in [-0.1, -0.05) is 67.0 Å². The van der Waals surface area contributed by atoms with Crippen molar-refractivity contribution in [2.45, 2.75) is 93.4 Å². The van der Waals surface area contributed by atoms with E-state index in [9.17, 15) is 72.5 Å². The van der Waals surface area contributed by atoms with Crippen LogP contribution in [0, 0.1) is 11.8 Å². The molecule has 0 aliphatic carbocycles. The van der Waals surface area contributed by atoms with Crippen LogP contribution in [0.4, 0.5) is 64.3 Å². The molecule has 4 N–H and O–H groups in total. The molecule has 4 saturated heterocycles. The van der Waals surface area contributed by atoms with Gasteiger partial charge >= 0.3 is 24.7 Å². The molecule has 65 heavy (non-hydrogen) atoms. The SMILES string of the molecule is C.O=C(Nc1ccc(C(F)(F)F)c(Cl)n1)[C@@H]1[C@@H](c2cccc(C(F)(F)F)c2)[C@H]2O[C@@H]1C[C@@H]2O.O=C(Nc1ccc(C(F)(F)F)c(Cl)n1)[C@H]1[C@H](c2cccc(C(F)(F)F)c2)[C@@H]2O[C@H]1C[C@H]2O. The van der Waals surface area contributed by atoms with Crippen molar-refractivity contribution in [3.05, 3.63) is 116 Å². The van der Waals surface area contributed by atoms with Gasteiger partial charge in [0.25, 0.3) is 0 Å². The Morgan fingerprint density at radius 2 is 0.923 bits per heavy atom. The molecule has 0 unspecified atom stereocenters. The minimum Gasteiger partial charge on any atom is -0.390 e. The van der Waals surface area contributed by atoms with E-state index in [4.69, 9.17) is 32.7 Å². The minimum atomic E-state index is -4.73. The van der Waals surface area contributed by atoms with Gasteiger partial charge in [0.1, 0.15) is 21.9 Å². The number of halogens is 14. The first-order chi connectivity index (χ1) is 29.7. The van der Waals surface area contributed by atoms with Gasteiger partial charge in [0.2, 0.25) is 11.8 Å². The average molecular weight is 978 g/mol. The summed E-state index contributed by atoms with van der Waals surface area (Å²) in [5, 5.41) is 23.4. The van der Waals surface area contributed by atoms with Crippen LogP contribution in [-0.2, 0) is 43.8 Å². The molecule has 4 bridgehead atoms. The van der Waals surface area contributed by atoms with Crippen LogP contribution < -0.4 is 10.6 Å². The van der Waals surface area contributed by atoms with Gasteiger partial charge in [0.05, 0.1) is 70.7 Å². The summed E-state index contributed by atoms with van der Waals surface area (Å²) >= 11 is 11.2. The van der Waals surface area contributed by atoms with E-state index in [0.29, 0.717) is 12.1 Å². The van der Waals surface area contributed by atoms with Crippen molar-refractivity contribution < 1.29 is 82.0 Å². The molecular formula is C41H34Cl2F12N4O6. The summed E-state index contributed by atoms with van der Waals surface area (Å²) < 4.78 is 167. The lowest BCUT2D eigenvalue weighted by atomic mass is 9.73. The van der Waals surface area contributed by atoms with E-state index in [0.717, 1.165) is 36.4 Å². The number of rotatable bonds is 6. The molecule has 4 aromatic rings. The number of amides is 2. The van der Waals surface area contributed by atoms with Crippen molar-refractivity contribution in [3.63, 3.8) is 0 Å². The number of nitrogens with zero attached hydrogens (tertiary/aromatic N) is 2. The van der Waals surface area contributed by atoms with Crippen molar-refractivity contribution in [2.24, 2.45) is 11.8 Å². The third-order valence-corrected chi connectivity index (χ3v) is 11.8. The minimum absolute atomic E-state index is 0. The Morgan fingerprint density at radius 3 is 1.23 bits per heavy atom. The Labute approximate surface area is 370 Å². The second-order valence-electron chi connectivity index (χ2n) is 15.3. The lowest BCUT2D eigenvalue weighted by Crippen LogP contribution is -2.41. The smallest absolute Gasteiger partial charge is 0.390 e. The molecule has 352 valence electrons. The lowest BCUT2D eigenvalue weighted by Gasteiger charge is -2.30. The molecule has 10 atom stereocenters. The van der Waals surface area contributed by atoms with E-state index in [-0.39, 0.29) is 43.0 Å². The number of aromatic nitrogens is 2. The van der Waals surface area contributed by atoms with E-state index in [1.54, 1.807) is 0 Å². The largest absolute Gasteiger partial charge is 0.419 e. The first-order valence-electron chi connectivity index (χ1n) is 18.8. The van der Waals surface area contributed by atoms with Crippen LogP contribution >= 0.6 is 23.2 Å². The molecule has 0 spiro atoms. The van der Waals surface area contributed by atoms with E-state index < -0.39 is 129 Å². The quantitative estimate of drug-likeness (QED) is 0.111. The number of pyridine rings is 2. The Morgan fingerprint density at radius 1 is 0.569 bits per heavy atom. The third-order valence-electron chi connectivity index (χ3n) is 11.3. The highest BCUT2D eigenvalue weighted by Crippen LogP contribution is 2.52. The summed E-state index contributed by atoms with van der Waals surface area (Å²) in [5.41, 5.74) is -3.87. The number of fused-ring (bicyclic) bond motifs is 4. The van der Waals surface area contributed by atoms with Crippen LogP contribution in [0.2, 0.25) is 10.3 Å². The number of benzene rings is 2. The van der Waals surface area contributed by atoms with Gasteiger partial charge in [-0.05, 0) is 47.5 Å². The number of carbonyl (C=O) groups is 2. The normalized spacial score (nSPS) is 27.1. The monoisotopic (exact) mass is 976 g/mol. The van der Waals surface area contributed by atoms with E-state index >= 15 is 0 Å². The summed E-state index contributed by atoms with van der Waals surface area (Å²) in [6, 6.07) is 12.0. The molecule has 4 aliphatic rings. The van der Waals surface area contributed by atoms with Crippen molar-refractivity contribution in [2.75, 3.05) is 10.6 Å². The van der Waals surface area contributed by atoms with Crippen LogP contribution in [-0.4, -0.2) is 68.6 Å². The first kappa shape index (κ1) is 49.7. The van der Waals surface area contributed by atoms with Crippen LogP contribution in [0.25, 0.3) is 0 Å². The fraction of sp³-hybridized carbons (Fsp3) is 0.415. The molecule has 6 heterocycles. The zero-order chi connectivity index (χ0) is 46.8. The van der Waals surface area contributed by atoms with Gasteiger partial charge in [-0.15, -0.1) is 0 Å². The fourth-order valence-corrected chi connectivity index (χ4v) is 9.10. The van der Waals surface area contributed by atoms with Crippen molar-refractivity contribution >= 4 is 46.7 Å². The maximum atomic E-state index is 13.2. The van der Waals surface area contributed by atoms with Gasteiger partial charge < -0.3 is 30.3 Å². The highest BCUT2D eigenvalue weighted by Gasteiger charge is 2.58. The van der Waals surface area contributed by atoms with Gasteiger partial charge in [-0.25, -0.2) is 9.97 Å². The Bertz CT molecular complexity index is 2260. The molecule has 4 aliphatic heterocycles. The molecule has 4 fully saturated rings. The maximum Gasteiger partial charge on any atom is 0.419 e. The second kappa shape index (κ2) is 18.2. The van der Waals surface area contributed by atoms with Crippen molar-refractivity contribution in [1.82, 2.24) is 9.97 Å². The predicted octanol–water partition coefficient (Wildman–Crippen LogP) is 9.92. The summed E-state index contributed by atoms with van der Waals surface area (Å²) in [5.74, 6) is -5.69. The highest BCUT2D eigenvalue weighted by atomic mass is 35.5. The molecule has 2 amide bonds. The number of ether oxygens (including phenoxy) is 2. The number of hydrogen-bond acceptors (Lipinski definition) is 8. The fourth-order valence-electron chi connectivity index (χ4n) is 8.57. The van der Waals surface area contributed by atoms with Gasteiger partial charge in [0, 0.05) is 24.7 Å². The van der Waals surface area contributed by atoms with Crippen molar-refractivity contribution in [1.29, 1.82) is 0 Å². The number of hydrogen-bond donors (Lipinski definition) is 4. The standard InChI is InChI=1S/2C20H15ClF6N2O3.CH4/c2*21-17-10(20(25,26)27)4-5-13(28-17)29-18(31)15-12-7-11(30)16(32-12)14(15)8-2-1-3-9(6-8)19(22,23)24;/h2*1-6,11-12,14-16,30H,7H2,(H,28,29,31);1H4/t2*11-,12+,14+,15-,16-;/m10./s1. The number of anilines is 2. The predicted molar refractivity (Wildman–Crippen MR) is 206 cm³/mol. The van der Waals surface area contributed by atoms with Crippen LogP contribution in [0.3, 0.4) is 0 Å². The zero-order valence-electron chi connectivity index (χ0n) is 31.8. The first-order valence-corrected chi connectivity index (χ1v) is 19.6. The summed E-state index contributed by atoms with van der Waals surface area (Å²) in [6.07, 6.45) is -23.8. The van der Waals surface area contributed by atoms with E-state index in [1.165, 1.54) is 24.3 Å². The Balaban J connectivity index is 0.000000212. The van der Waals surface area contributed by atoms with E-state index in [2.05, 4.69) is 20.6 Å². The number of alkyl halides is 12. The zero-order valence-corrected chi connectivity index (χ0v) is 33.3. The van der Waals surface area contributed by atoms with Crippen LogP contribution in [0.1, 0.15) is 65.5 Å². The lowest BCUT2D eigenvalue weighted by molar-refractivity contribution is -0.138. The van der Waals surface area contributed by atoms with Crippen LogP contribution in [0.5, 0.6) is 0 Å². The molecule has 10 nitrogen and oxygen atoms in total. The number of nitrogens with one attached hydrogen (secondary N) is 2. The van der Waals surface area contributed by atoms with Gasteiger partial charge in [-0.2, -0.15) is 52.7 Å². The second-order valence-corrected chi connectivity index (χ2v) is 16.0. The van der Waals surface area contributed by atoms with E-state index in [1.807, 2.05) is 0 Å². The van der Waals surface area contributed by atoms with Gasteiger partial charge in [0.15, 0.2) is 0 Å². The summed E-state index contributed by atoms with van der Waals surface area (Å²) in [6.45, 7) is 0. The van der Waals surface area contributed by atoms with Crippen LogP contribution in [0.15, 0.2) is 72.8 Å². The number of aliphatic hydroxyl groups is 2. The maximum absolute atomic E-state index is 13.2. The summed E-state index contributed by atoms with van der Waals surface area (Å²) in [7, 11) is 0. The third kappa shape index (κ3) is 10.3. The molecule has 8 rings (SSSR count). The Hall–Kier alpha value is -4.74. The molecule has 0 radical (unpaired) electrons. The number of carbonyl (C=O) groups excluding carboxylic acids is 2.